The number of benzene rings is 4. The van der Waals surface area contributed by atoms with Gasteiger partial charge in [0, 0.05) is 43.2 Å². The van der Waals surface area contributed by atoms with E-state index in [0.29, 0.717) is 70.1 Å². The quantitative estimate of drug-likeness (QED) is 0.0357. The van der Waals surface area contributed by atoms with Gasteiger partial charge in [0.25, 0.3) is 5.91 Å². The van der Waals surface area contributed by atoms with Gasteiger partial charge in [0.2, 0.25) is 5.79 Å². The van der Waals surface area contributed by atoms with E-state index in [1.165, 1.54) is 19.2 Å². The highest BCUT2D eigenvalue weighted by Crippen LogP contribution is 2.62. The number of carbonyl (C=O) groups is 2. The molecule has 1 amide bonds. The molecule has 1 saturated carbocycles. The van der Waals surface area contributed by atoms with Crippen LogP contribution < -0.4 is 14.2 Å². The van der Waals surface area contributed by atoms with Gasteiger partial charge in [0.15, 0.2) is 6.29 Å². The van der Waals surface area contributed by atoms with Gasteiger partial charge in [-0.1, -0.05) is 42.3 Å². The van der Waals surface area contributed by atoms with Crippen molar-refractivity contribution < 1.29 is 48.0 Å². The third-order valence-corrected chi connectivity index (χ3v) is 12.7. The van der Waals surface area contributed by atoms with Crippen LogP contribution in [0.1, 0.15) is 95.2 Å². The number of hydrogen-bond acceptors (Lipinski definition) is 11. The van der Waals surface area contributed by atoms with Crippen LogP contribution in [0.5, 0.6) is 23.0 Å². The van der Waals surface area contributed by atoms with E-state index in [2.05, 4.69) is 18.7 Å². The van der Waals surface area contributed by atoms with Gasteiger partial charge in [-0.05, 0) is 128 Å². The molecule has 0 aromatic heterocycles. The Kier molecular flexibility index (Phi) is 15.5. The number of aliphatic hydroxyl groups is 2. The number of nitriles is 1. The Labute approximate surface area is 379 Å². The molecule has 1 heterocycles. The van der Waals surface area contributed by atoms with Crippen LogP contribution in [0.2, 0.25) is 0 Å². The lowest BCUT2D eigenvalue weighted by molar-refractivity contribution is -0.255. The van der Waals surface area contributed by atoms with Gasteiger partial charge in [0.05, 0.1) is 42.5 Å². The molecule has 7 rings (SSSR count). The monoisotopic (exact) mass is 885 g/mol. The second-order valence-electron chi connectivity index (χ2n) is 16.6. The van der Waals surface area contributed by atoms with E-state index in [0.717, 1.165) is 36.8 Å². The Hall–Kier alpha value is -6.33. The lowest BCUT2D eigenvalue weighted by Gasteiger charge is -2.60. The number of aldehydes is 1. The number of fused-ring (bicyclic) bond motifs is 2. The van der Waals surface area contributed by atoms with Crippen molar-refractivity contribution in [2.24, 2.45) is 22.9 Å². The number of allylic oxidation sites excluding steroid dienone is 1. The van der Waals surface area contributed by atoms with Gasteiger partial charge in [-0.3, -0.25) is 9.59 Å². The van der Waals surface area contributed by atoms with Gasteiger partial charge in [-0.25, -0.2) is 4.39 Å². The number of halogens is 1. The van der Waals surface area contributed by atoms with Crippen molar-refractivity contribution in [1.29, 1.82) is 5.26 Å². The summed E-state index contributed by atoms with van der Waals surface area (Å²) < 4.78 is 40.7. The van der Waals surface area contributed by atoms with Crippen LogP contribution in [0.25, 0.3) is 0 Å². The maximum atomic E-state index is 15.2. The summed E-state index contributed by atoms with van der Waals surface area (Å²) in [6.07, 6.45) is 9.00. The minimum absolute atomic E-state index is 0.000153. The van der Waals surface area contributed by atoms with E-state index in [9.17, 15) is 24.7 Å². The molecule has 6 atom stereocenters. The van der Waals surface area contributed by atoms with Crippen molar-refractivity contribution in [2.75, 3.05) is 33.5 Å². The van der Waals surface area contributed by atoms with Crippen LogP contribution in [0, 0.1) is 34.9 Å². The maximum Gasteiger partial charge on any atom is 0.254 e. The van der Waals surface area contributed by atoms with E-state index in [-0.39, 0.29) is 63.1 Å². The Morgan fingerprint density at radius 2 is 1.72 bits per heavy atom. The number of rotatable bonds is 21. The third kappa shape index (κ3) is 10.0. The van der Waals surface area contributed by atoms with Gasteiger partial charge in [-0.2, -0.15) is 5.26 Å². The molecule has 13 heteroatoms. The normalized spacial score (nSPS) is 22.3. The second kappa shape index (κ2) is 21.6. The predicted octanol–water partition coefficient (Wildman–Crippen LogP) is 9.31. The average Bonchev–Trinajstić information content (AvgIpc) is 3.33. The summed E-state index contributed by atoms with van der Waals surface area (Å²) >= 11 is 0. The molecule has 0 spiro atoms. The van der Waals surface area contributed by atoms with Gasteiger partial charge >= 0.3 is 0 Å². The lowest BCUT2D eigenvalue weighted by atomic mass is 9.55. The van der Waals surface area contributed by atoms with Crippen LogP contribution in [-0.4, -0.2) is 78.4 Å². The molecular formula is C52H56FN3O9. The highest BCUT2D eigenvalue weighted by atomic mass is 19.1. The van der Waals surface area contributed by atoms with Crippen LogP contribution in [0.4, 0.5) is 4.39 Å². The van der Waals surface area contributed by atoms with Gasteiger partial charge < -0.3 is 38.9 Å². The lowest BCUT2D eigenvalue weighted by Crippen LogP contribution is -2.70. The number of carbonyl (C=O) groups excluding carboxylic acids is 2. The predicted molar refractivity (Wildman–Crippen MR) is 242 cm³/mol. The minimum atomic E-state index is -1.56. The van der Waals surface area contributed by atoms with Crippen molar-refractivity contribution in [2.45, 2.75) is 76.2 Å². The zero-order valence-electron chi connectivity index (χ0n) is 36.9. The van der Waals surface area contributed by atoms with E-state index in [4.69, 9.17) is 28.9 Å². The Morgan fingerprint density at radius 3 is 2.40 bits per heavy atom. The van der Waals surface area contributed by atoms with Crippen molar-refractivity contribution in [3.05, 3.63) is 143 Å². The number of ether oxygens (including phenoxy) is 4. The summed E-state index contributed by atoms with van der Waals surface area (Å²) in [6, 6.07) is 24.3. The molecule has 0 bridgehead atoms. The fourth-order valence-electron chi connectivity index (χ4n) is 9.82. The Balaban J connectivity index is 1.47. The molecular weight excluding hydrogens is 830 g/mol. The standard InChI is InChI=1S/C52H56FN3O9/c1-4-26-62-52-48(56(32-35-14-18-39(53)19-15-35)51(60)36-16-12-34(31-54)13-17-36)30-45(55-63-5-2)43-28-37(10-6-8-24-57)42(11-7-9-25-58)49(50(43)52)44-29-41(21-23-47(44)65-52)64-40-20-22-46(61-3)38(27-40)33-59/h4,12-23,27-29,33,37,42,48-50,57-58H,1,5-11,24-26,30,32H2,2-3H3/t37-,42+,48-,49+,50+,52+/m0/s1. The number of nitrogens with zero attached hydrogens (tertiary/aromatic N) is 3. The fourth-order valence-corrected chi connectivity index (χ4v) is 9.82. The summed E-state index contributed by atoms with van der Waals surface area (Å²) in [5.41, 5.74) is 4.07. The van der Waals surface area contributed by atoms with Crippen molar-refractivity contribution in [1.82, 2.24) is 4.90 Å². The molecule has 2 N–H and O–H groups in total. The number of methoxy groups -OCH3 is 1. The van der Waals surface area contributed by atoms with Crippen LogP contribution in [0.15, 0.2) is 114 Å². The topological polar surface area (TPSA) is 160 Å². The van der Waals surface area contributed by atoms with Gasteiger partial charge in [0.1, 0.15) is 41.5 Å². The molecule has 65 heavy (non-hydrogen) atoms. The summed E-state index contributed by atoms with van der Waals surface area (Å²) in [6.45, 7) is 6.36. The molecule has 4 aromatic carbocycles. The minimum Gasteiger partial charge on any atom is -0.496 e. The number of hydrogen-bond donors (Lipinski definition) is 2. The van der Waals surface area contributed by atoms with E-state index in [1.54, 1.807) is 71.6 Å². The van der Waals surface area contributed by atoms with E-state index in [1.807, 2.05) is 19.1 Å². The highest BCUT2D eigenvalue weighted by Gasteiger charge is 2.65. The Bertz CT molecular complexity index is 2410. The zero-order chi connectivity index (χ0) is 45.9. The molecule has 2 aliphatic carbocycles. The van der Waals surface area contributed by atoms with E-state index >= 15 is 4.79 Å². The molecule has 0 saturated heterocycles. The summed E-state index contributed by atoms with van der Waals surface area (Å²) in [5.74, 6) is -1.44. The molecule has 3 aliphatic rings. The van der Waals surface area contributed by atoms with Crippen LogP contribution in [0.3, 0.4) is 0 Å². The van der Waals surface area contributed by atoms with E-state index < -0.39 is 23.6 Å². The SMILES string of the molecule is C=CCO[C@@]12Oc3ccc(Oc4ccc(OC)c(C=O)c4)cc3[C@H]3[C@H](CCCCO)[C@@H](CCCCO)C=C(C(=NOCC)C[C@@H]1N(Cc1ccc(F)cc1)C(=O)c1ccc(C#N)cc1)[C@H]32. The first-order chi connectivity index (χ1) is 31.7. The first-order valence-electron chi connectivity index (χ1n) is 22.3. The first-order valence-corrected chi connectivity index (χ1v) is 22.3. The molecule has 1 aliphatic heterocycles. The number of aliphatic hydroxyl groups excluding tert-OH is 2. The fraction of sp³-hybridized carbons (Fsp3) is 0.385. The van der Waals surface area contributed by atoms with Crippen LogP contribution in [-0.2, 0) is 16.1 Å². The summed E-state index contributed by atoms with van der Waals surface area (Å²) in [4.78, 5) is 34.8. The molecule has 0 radical (unpaired) electrons. The Morgan fingerprint density at radius 1 is 1.00 bits per heavy atom. The second-order valence-corrected chi connectivity index (χ2v) is 16.6. The summed E-state index contributed by atoms with van der Waals surface area (Å²) in [5, 5.41) is 34.3. The van der Waals surface area contributed by atoms with Crippen molar-refractivity contribution in [3.8, 4) is 29.1 Å². The number of oxime groups is 1. The first kappa shape index (κ1) is 46.7. The smallest absolute Gasteiger partial charge is 0.254 e. The molecule has 12 nitrogen and oxygen atoms in total. The highest BCUT2D eigenvalue weighted by molar-refractivity contribution is 6.03. The largest absolute Gasteiger partial charge is 0.496 e. The summed E-state index contributed by atoms with van der Waals surface area (Å²) in [7, 11) is 1.50. The average molecular weight is 886 g/mol. The zero-order valence-corrected chi connectivity index (χ0v) is 36.9. The van der Waals surface area contributed by atoms with Crippen molar-refractivity contribution >= 4 is 17.9 Å². The molecule has 340 valence electrons. The molecule has 0 unspecified atom stereocenters. The number of amides is 1. The van der Waals surface area contributed by atoms with Crippen molar-refractivity contribution in [3.63, 3.8) is 0 Å². The number of unbranched alkanes of at least 4 members (excludes halogenated alkanes) is 2. The molecule has 1 fully saturated rings. The molecule has 4 aromatic rings. The maximum absolute atomic E-state index is 15.2. The third-order valence-electron chi connectivity index (χ3n) is 12.7. The van der Waals surface area contributed by atoms with Gasteiger partial charge in [-0.15, -0.1) is 6.58 Å². The van der Waals surface area contributed by atoms with Crippen LogP contribution >= 0.6 is 0 Å².